The maximum atomic E-state index is 12.8. The van der Waals surface area contributed by atoms with Gasteiger partial charge in [-0.15, -0.1) is 0 Å². The zero-order chi connectivity index (χ0) is 24.6. The van der Waals surface area contributed by atoms with E-state index in [-0.39, 0.29) is 23.7 Å². The monoisotopic (exact) mass is 478 g/mol. The normalized spacial score (nSPS) is 18.9. The molecule has 0 aliphatic carbocycles. The van der Waals surface area contributed by atoms with Crippen molar-refractivity contribution < 1.29 is 14.3 Å². The average Bonchev–Trinajstić information content (AvgIpc) is 3.28. The molecule has 186 valence electrons. The lowest BCUT2D eigenvalue weighted by molar-refractivity contribution is -0.132. The molecule has 9 nitrogen and oxygen atoms in total. The first-order chi connectivity index (χ1) is 17.0. The smallest absolute Gasteiger partial charge is 0.244 e. The number of carbonyl (C=O) groups excluding carboxylic acids is 2. The Hall–Kier alpha value is -3.30. The number of rotatable bonds is 5. The summed E-state index contributed by atoms with van der Waals surface area (Å²) >= 11 is 0. The van der Waals surface area contributed by atoms with Crippen LogP contribution in [0.25, 0.3) is 16.9 Å². The van der Waals surface area contributed by atoms with Crippen LogP contribution >= 0.6 is 0 Å². The maximum absolute atomic E-state index is 12.8. The molecule has 2 aliphatic heterocycles. The summed E-state index contributed by atoms with van der Waals surface area (Å²) < 4.78 is 7.06. The van der Waals surface area contributed by atoms with Gasteiger partial charge >= 0.3 is 0 Å². The highest BCUT2D eigenvalue weighted by molar-refractivity contribution is 5.86. The predicted molar refractivity (Wildman–Crippen MR) is 135 cm³/mol. The Morgan fingerprint density at radius 1 is 1.20 bits per heavy atom. The van der Waals surface area contributed by atoms with E-state index >= 15 is 0 Å². The van der Waals surface area contributed by atoms with E-state index in [9.17, 15) is 9.59 Å². The lowest BCUT2D eigenvalue weighted by Crippen LogP contribution is -2.50. The van der Waals surface area contributed by atoms with Crippen LogP contribution in [0.3, 0.4) is 0 Å². The lowest BCUT2D eigenvalue weighted by Gasteiger charge is -2.30. The van der Waals surface area contributed by atoms with Crippen LogP contribution in [0.15, 0.2) is 48.9 Å². The van der Waals surface area contributed by atoms with Gasteiger partial charge in [-0.1, -0.05) is 30.3 Å². The van der Waals surface area contributed by atoms with Crippen LogP contribution in [0.1, 0.15) is 26.7 Å². The van der Waals surface area contributed by atoms with Gasteiger partial charge in [0.25, 0.3) is 0 Å². The molecule has 4 heterocycles. The Morgan fingerprint density at radius 2 is 1.97 bits per heavy atom. The molecule has 0 bridgehead atoms. The minimum Gasteiger partial charge on any atom is -0.381 e. The summed E-state index contributed by atoms with van der Waals surface area (Å²) in [5, 5.41) is 6.66. The molecule has 2 N–H and O–H groups in total. The number of benzene rings is 1. The van der Waals surface area contributed by atoms with E-state index < -0.39 is 0 Å². The SMILES string of the molecule is CC(=O)C1CCCOC1.CC(Nc1c(-c2ccccc2)nc2cnccn12)C(=O)N1CCNCC1. The summed E-state index contributed by atoms with van der Waals surface area (Å²) in [6.45, 7) is 8.20. The summed E-state index contributed by atoms with van der Waals surface area (Å²) in [6.07, 6.45) is 7.37. The van der Waals surface area contributed by atoms with Gasteiger partial charge in [-0.05, 0) is 26.7 Å². The van der Waals surface area contributed by atoms with Crippen LogP contribution in [-0.2, 0) is 14.3 Å². The number of carbonyl (C=O) groups is 2. The van der Waals surface area contributed by atoms with Crippen molar-refractivity contribution in [3.05, 3.63) is 48.9 Å². The Labute approximate surface area is 205 Å². The highest BCUT2D eigenvalue weighted by Crippen LogP contribution is 2.29. The predicted octanol–water partition coefficient (Wildman–Crippen LogP) is 2.63. The molecule has 3 aromatic rings. The molecular weight excluding hydrogens is 444 g/mol. The Balaban J connectivity index is 0.000000271. The topological polar surface area (TPSA) is 101 Å². The number of hydrogen-bond acceptors (Lipinski definition) is 7. The molecule has 35 heavy (non-hydrogen) atoms. The van der Waals surface area contributed by atoms with E-state index in [4.69, 9.17) is 9.72 Å². The number of ketones is 1. The molecule has 2 aromatic heterocycles. The summed E-state index contributed by atoms with van der Waals surface area (Å²) in [5.41, 5.74) is 2.56. The van der Waals surface area contributed by atoms with Gasteiger partial charge in [-0.25, -0.2) is 4.98 Å². The number of nitrogens with one attached hydrogen (secondary N) is 2. The number of anilines is 1. The van der Waals surface area contributed by atoms with Gasteiger partial charge in [0.2, 0.25) is 5.91 Å². The van der Waals surface area contributed by atoms with E-state index in [2.05, 4.69) is 15.6 Å². The molecule has 0 radical (unpaired) electrons. The Morgan fingerprint density at radius 3 is 2.63 bits per heavy atom. The van der Waals surface area contributed by atoms with Gasteiger partial charge < -0.3 is 20.3 Å². The van der Waals surface area contributed by atoms with Crippen LogP contribution in [0.4, 0.5) is 5.82 Å². The second-order valence-corrected chi connectivity index (χ2v) is 8.95. The molecular formula is C26H34N6O3. The van der Waals surface area contributed by atoms with Crippen molar-refractivity contribution in [2.24, 2.45) is 5.92 Å². The number of nitrogens with zero attached hydrogens (tertiary/aromatic N) is 4. The Bertz CT molecular complexity index is 1120. The van der Waals surface area contributed by atoms with Crippen molar-refractivity contribution in [1.82, 2.24) is 24.6 Å². The summed E-state index contributed by atoms with van der Waals surface area (Å²) in [7, 11) is 0. The van der Waals surface area contributed by atoms with E-state index in [1.807, 2.05) is 52.8 Å². The number of ether oxygens (including phenoxy) is 1. The fourth-order valence-electron chi connectivity index (χ4n) is 4.33. The number of Topliss-reactive ketones (excluding diaryl/α,β-unsaturated/α-hetero) is 1. The number of imidazole rings is 1. The number of aromatic nitrogens is 3. The van der Waals surface area contributed by atoms with Crippen molar-refractivity contribution in [2.75, 3.05) is 44.7 Å². The van der Waals surface area contributed by atoms with Crippen LogP contribution in [0.5, 0.6) is 0 Å². The third kappa shape index (κ3) is 6.23. The molecule has 0 saturated carbocycles. The number of amides is 1. The van der Waals surface area contributed by atoms with E-state index in [0.717, 1.165) is 68.3 Å². The van der Waals surface area contributed by atoms with E-state index in [1.165, 1.54) is 0 Å². The van der Waals surface area contributed by atoms with Crippen molar-refractivity contribution in [3.63, 3.8) is 0 Å². The van der Waals surface area contributed by atoms with Crippen LogP contribution in [0.2, 0.25) is 0 Å². The van der Waals surface area contributed by atoms with Crippen molar-refractivity contribution in [1.29, 1.82) is 0 Å². The zero-order valence-electron chi connectivity index (χ0n) is 20.4. The maximum Gasteiger partial charge on any atom is 0.244 e. The van der Waals surface area contributed by atoms with Gasteiger partial charge in [-0.3, -0.25) is 19.0 Å². The second kappa shape index (κ2) is 11.9. The van der Waals surface area contributed by atoms with Crippen LogP contribution < -0.4 is 10.6 Å². The average molecular weight is 479 g/mol. The fourth-order valence-corrected chi connectivity index (χ4v) is 4.33. The minimum absolute atomic E-state index is 0.106. The highest BCUT2D eigenvalue weighted by atomic mass is 16.5. The fraction of sp³-hybridized carbons (Fsp3) is 0.462. The molecule has 2 atom stereocenters. The van der Waals surface area contributed by atoms with Crippen molar-refractivity contribution in [3.8, 4) is 11.3 Å². The van der Waals surface area contributed by atoms with Gasteiger partial charge in [0.05, 0.1) is 12.8 Å². The highest BCUT2D eigenvalue weighted by Gasteiger charge is 2.24. The third-order valence-electron chi connectivity index (χ3n) is 6.36. The van der Waals surface area contributed by atoms with Gasteiger partial charge in [-0.2, -0.15) is 0 Å². The molecule has 0 spiro atoms. The number of fused-ring (bicyclic) bond motifs is 1. The molecule has 1 amide bonds. The lowest BCUT2D eigenvalue weighted by atomic mass is 9.99. The van der Waals surface area contributed by atoms with Gasteiger partial charge in [0, 0.05) is 56.7 Å². The van der Waals surface area contributed by atoms with Crippen LogP contribution in [0, 0.1) is 5.92 Å². The first-order valence-corrected chi connectivity index (χ1v) is 12.3. The molecule has 9 heteroatoms. The number of piperazine rings is 1. The molecule has 5 rings (SSSR count). The third-order valence-corrected chi connectivity index (χ3v) is 6.36. The largest absolute Gasteiger partial charge is 0.381 e. The standard InChI is InChI=1S/C19H22N6O.C7H12O2/c1-14(19(26)24-10-7-20-8-11-24)22-18-17(15-5-3-2-4-6-15)23-16-13-21-9-12-25(16)18;1-6(8)7-3-2-4-9-5-7/h2-6,9,12-14,20,22H,7-8,10-11H2,1H3;7H,2-5H2,1H3. The first-order valence-electron chi connectivity index (χ1n) is 12.3. The first kappa shape index (κ1) is 24.8. The van der Waals surface area contributed by atoms with Gasteiger partial charge in [0.15, 0.2) is 5.65 Å². The molecule has 2 aliphatic rings. The summed E-state index contributed by atoms with van der Waals surface area (Å²) in [6, 6.07) is 9.63. The molecule has 1 aromatic carbocycles. The molecule has 2 saturated heterocycles. The minimum atomic E-state index is -0.344. The molecule has 2 fully saturated rings. The summed E-state index contributed by atoms with van der Waals surface area (Å²) in [5.74, 6) is 1.38. The second-order valence-electron chi connectivity index (χ2n) is 8.95. The van der Waals surface area contributed by atoms with E-state index in [1.54, 1.807) is 19.3 Å². The number of hydrogen-bond donors (Lipinski definition) is 2. The molecule has 2 unspecified atom stereocenters. The van der Waals surface area contributed by atoms with Crippen molar-refractivity contribution in [2.45, 2.75) is 32.7 Å². The summed E-state index contributed by atoms with van der Waals surface area (Å²) in [4.78, 5) is 34.3. The quantitative estimate of drug-likeness (QED) is 0.581. The van der Waals surface area contributed by atoms with Crippen LogP contribution in [-0.4, -0.2) is 76.4 Å². The van der Waals surface area contributed by atoms with Crippen molar-refractivity contribution >= 4 is 23.2 Å². The van der Waals surface area contributed by atoms with Gasteiger partial charge in [0.1, 0.15) is 23.3 Å². The zero-order valence-corrected chi connectivity index (χ0v) is 20.4. The van der Waals surface area contributed by atoms with E-state index in [0.29, 0.717) is 6.61 Å². The Kier molecular flexibility index (Phi) is 8.44.